The summed E-state index contributed by atoms with van der Waals surface area (Å²) in [6.45, 7) is 2.14. The Labute approximate surface area is 133 Å². The van der Waals surface area contributed by atoms with Gasteiger partial charge in [0.1, 0.15) is 11.6 Å². The molecule has 1 aromatic carbocycles. The summed E-state index contributed by atoms with van der Waals surface area (Å²) >= 11 is 3.47. The number of hydrogen-bond acceptors (Lipinski definition) is 5. The van der Waals surface area contributed by atoms with E-state index in [0.717, 1.165) is 28.0 Å². The molecular weight excluding hydrogens is 332 g/mol. The van der Waals surface area contributed by atoms with Gasteiger partial charge in [-0.25, -0.2) is 4.98 Å². The Balaban J connectivity index is 2.19. The zero-order valence-electron chi connectivity index (χ0n) is 12.4. The maximum absolute atomic E-state index is 5.67. The highest BCUT2D eigenvalue weighted by atomic mass is 79.9. The molecule has 0 fully saturated rings. The van der Waals surface area contributed by atoms with Gasteiger partial charge in [0.15, 0.2) is 0 Å². The van der Waals surface area contributed by atoms with Crippen LogP contribution < -0.4 is 15.4 Å². The first-order valence-electron chi connectivity index (χ1n) is 6.65. The maximum atomic E-state index is 5.67. The van der Waals surface area contributed by atoms with E-state index in [4.69, 9.17) is 10.5 Å². The molecule has 0 aliphatic carbocycles. The number of hydrogen-bond donors (Lipinski definition) is 1. The lowest BCUT2D eigenvalue weighted by Crippen LogP contribution is -2.32. The van der Waals surface area contributed by atoms with E-state index in [0.29, 0.717) is 0 Å². The lowest BCUT2D eigenvalue weighted by molar-refractivity contribution is 0.408. The third-order valence-corrected chi connectivity index (χ3v) is 4.01. The molecule has 0 aliphatic heterocycles. The van der Waals surface area contributed by atoms with Gasteiger partial charge < -0.3 is 15.4 Å². The van der Waals surface area contributed by atoms with Crippen LogP contribution in [0.1, 0.15) is 12.5 Å². The molecule has 0 aliphatic rings. The molecule has 0 bridgehead atoms. The predicted molar refractivity (Wildman–Crippen MR) is 88.7 cm³/mol. The molecule has 1 aromatic heterocycles. The van der Waals surface area contributed by atoms with Gasteiger partial charge in [0.2, 0.25) is 5.95 Å². The van der Waals surface area contributed by atoms with Gasteiger partial charge in [-0.1, -0.05) is 18.2 Å². The van der Waals surface area contributed by atoms with E-state index < -0.39 is 0 Å². The van der Waals surface area contributed by atoms with Gasteiger partial charge in [-0.05, 0) is 40.9 Å². The minimum Gasteiger partial charge on any atom is -0.496 e. The van der Waals surface area contributed by atoms with Gasteiger partial charge >= 0.3 is 0 Å². The Kier molecular flexibility index (Phi) is 5.01. The van der Waals surface area contributed by atoms with Crippen molar-refractivity contribution in [2.24, 2.45) is 0 Å². The largest absolute Gasteiger partial charge is 0.496 e. The van der Waals surface area contributed by atoms with E-state index in [1.807, 2.05) is 25.2 Å². The van der Waals surface area contributed by atoms with Crippen LogP contribution in [0, 0.1) is 0 Å². The average molecular weight is 351 g/mol. The number of nitrogens with two attached hydrogens (primary N) is 1. The summed E-state index contributed by atoms with van der Waals surface area (Å²) in [5.74, 6) is 1.95. The number of methoxy groups -OCH3 is 1. The number of halogens is 1. The van der Waals surface area contributed by atoms with Crippen LogP contribution in [0.3, 0.4) is 0 Å². The Morgan fingerprint density at radius 1 is 1.38 bits per heavy atom. The third kappa shape index (κ3) is 3.64. The number of likely N-dealkylation sites (N-methyl/N-ethyl adjacent to an activating group) is 1. The highest BCUT2D eigenvalue weighted by Crippen LogP contribution is 2.26. The van der Waals surface area contributed by atoms with Crippen LogP contribution in [0.15, 0.2) is 34.9 Å². The lowest BCUT2D eigenvalue weighted by atomic mass is 10.1. The van der Waals surface area contributed by atoms with E-state index in [1.54, 1.807) is 13.3 Å². The first-order valence-corrected chi connectivity index (χ1v) is 7.45. The molecule has 0 radical (unpaired) electrons. The number of para-hydroxylation sites is 1. The normalized spacial score (nSPS) is 12.0. The molecule has 1 unspecified atom stereocenters. The molecule has 2 aromatic rings. The molecular formula is C15H19BrN4O. The number of nitrogens with zero attached hydrogens (tertiary/aromatic N) is 3. The van der Waals surface area contributed by atoms with Crippen molar-refractivity contribution in [1.29, 1.82) is 0 Å². The second kappa shape index (κ2) is 6.76. The number of rotatable bonds is 5. The lowest BCUT2D eigenvalue weighted by Gasteiger charge is -2.27. The molecule has 1 heterocycles. The molecule has 0 saturated heterocycles. The Morgan fingerprint density at radius 2 is 2.10 bits per heavy atom. The molecule has 0 spiro atoms. The molecule has 6 heteroatoms. The Bertz CT molecular complexity index is 620. The molecule has 2 rings (SSSR count). The molecule has 1 atom stereocenters. The predicted octanol–water partition coefficient (Wildman–Crippen LogP) is 2.90. The standard InChI is InChI=1S/C15H19BrN4O/c1-10(8-11-6-4-5-7-13(11)21-3)20(2)14-12(16)9-18-15(17)19-14/h4-7,9-10H,8H2,1-3H3,(H2,17,18,19). The first-order chi connectivity index (χ1) is 10.0. The van der Waals surface area contributed by atoms with Crippen molar-refractivity contribution in [3.8, 4) is 5.75 Å². The molecule has 5 nitrogen and oxygen atoms in total. The van der Waals surface area contributed by atoms with Crippen LogP contribution in [-0.2, 0) is 6.42 Å². The molecule has 21 heavy (non-hydrogen) atoms. The van der Waals surface area contributed by atoms with Gasteiger partial charge in [0.05, 0.1) is 11.6 Å². The van der Waals surface area contributed by atoms with Gasteiger partial charge in [-0.2, -0.15) is 4.98 Å². The zero-order valence-corrected chi connectivity index (χ0v) is 14.0. The van der Waals surface area contributed by atoms with E-state index in [9.17, 15) is 0 Å². The highest BCUT2D eigenvalue weighted by molar-refractivity contribution is 9.10. The van der Waals surface area contributed by atoms with Gasteiger partial charge in [-0.15, -0.1) is 0 Å². The van der Waals surface area contributed by atoms with Crippen molar-refractivity contribution in [2.75, 3.05) is 24.8 Å². The van der Waals surface area contributed by atoms with Gasteiger partial charge in [0.25, 0.3) is 0 Å². The van der Waals surface area contributed by atoms with Gasteiger partial charge in [0, 0.05) is 19.3 Å². The number of ether oxygens (including phenoxy) is 1. The van der Waals surface area contributed by atoms with Crippen LogP contribution in [0.2, 0.25) is 0 Å². The van der Waals surface area contributed by atoms with Gasteiger partial charge in [-0.3, -0.25) is 0 Å². The number of anilines is 2. The fourth-order valence-electron chi connectivity index (χ4n) is 2.15. The summed E-state index contributed by atoms with van der Waals surface area (Å²) in [7, 11) is 3.68. The Hall–Kier alpha value is -1.82. The van der Waals surface area contributed by atoms with Crippen LogP contribution in [0.4, 0.5) is 11.8 Å². The van der Waals surface area contributed by atoms with Crippen molar-refractivity contribution >= 4 is 27.7 Å². The minimum absolute atomic E-state index is 0.229. The van der Waals surface area contributed by atoms with Crippen molar-refractivity contribution in [3.05, 3.63) is 40.5 Å². The van der Waals surface area contributed by atoms with E-state index in [2.05, 4.69) is 43.8 Å². The zero-order chi connectivity index (χ0) is 15.4. The highest BCUT2D eigenvalue weighted by Gasteiger charge is 2.17. The number of nitrogen functional groups attached to an aromatic ring is 1. The third-order valence-electron chi connectivity index (χ3n) is 3.45. The summed E-state index contributed by atoms with van der Waals surface area (Å²) in [5.41, 5.74) is 6.84. The number of benzene rings is 1. The monoisotopic (exact) mass is 350 g/mol. The summed E-state index contributed by atoms with van der Waals surface area (Å²) < 4.78 is 6.23. The van der Waals surface area contributed by atoms with Crippen molar-refractivity contribution in [2.45, 2.75) is 19.4 Å². The fourth-order valence-corrected chi connectivity index (χ4v) is 2.62. The first kappa shape index (κ1) is 15.6. The molecule has 0 saturated carbocycles. The number of aromatic nitrogens is 2. The summed E-state index contributed by atoms with van der Waals surface area (Å²) in [5, 5.41) is 0. The topological polar surface area (TPSA) is 64.3 Å². The van der Waals surface area contributed by atoms with Crippen LogP contribution in [0.5, 0.6) is 5.75 Å². The second-order valence-electron chi connectivity index (χ2n) is 4.88. The van der Waals surface area contributed by atoms with E-state index in [-0.39, 0.29) is 12.0 Å². The molecule has 0 amide bonds. The quantitative estimate of drug-likeness (QED) is 0.897. The SMILES string of the molecule is COc1ccccc1CC(C)N(C)c1nc(N)ncc1Br. The van der Waals surface area contributed by atoms with E-state index in [1.165, 1.54) is 0 Å². The van der Waals surface area contributed by atoms with E-state index >= 15 is 0 Å². The van der Waals surface area contributed by atoms with Crippen molar-refractivity contribution < 1.29 is 4.74 Å². The average Bonchev–Trinajstić information content (AvgIpc) is 2.49. The summed E-state index contributed by atoms with van der Waals surface area (Å²) in [6.07, 6.45) is 2.51. The van der Waals surface area contributed by atoms with Crippen LogP contribution >= 0.6 is 15.9 Å². The van der Waals surface area contributed by atoms with Crippen molar-refractivity contribution in [3.63, 3.8) is 0 Å². The minimum atomic E-state index is 0.229. The van der Waals surface area contributed by atoms with Crippen LogP contribution in [0.25, 0.3) is 0 Å². The van der Waals surface area contributed by atoms with Crippen LogP contribution in [-0.4, -0.2) is 30.2 Å². The smallest absolute Gasteiger partial charge is 0.222 e. The molecule has 2 N–H and O–H groups in total. The molecule has 112 valence electrons. The Morgan fingerprint density at radius 3 is 2.81 bits per heavy atom. The summed E-state index contributed by atoms with van der Waals surface area (Å²) in [6, 6.07) is 8.27. The van der Waals surface area contributed by atoms with Crippen molar-refractivity contribution in [1.82, 2.24) is 9.97 Å². The second-order valence-corrected chi connectivity index (χ2v) is 5.73. The maximum Gasteiger partial charge on any atom is 0.222 e. The summed E-state index contributed by atoms with van der Waals surface area (Å²) in [4.78, 5) is 10.3. The fraction of sp³-hybridized carbons (Fsp3) is 0.333.